The first kappa shape index (κ1) is 28.3. The number of anilines is 2. The second-order valence-electron chi connectivity index (χ2n) is 11.4. The Labute approximate surface area is 253 Å². The van der Waals surface area contributed by atoms with E-state index in [-0.39, 0.29) is 50.5 Å². The predicted octanol–water partition coefficient (Wildman–Crippen LogP) is 7.16. The average molecular weight is 601 g/mol. The van der Waals surface area contributed by atoms with E-state index in [9.17, 15) is 13.6 Å². The summed E-state index contributed by atoms with van der Waals surface area (Å²) in [6.07, 6.45) is -2.02. The van der Waals surface area contributed by atoms with Gasteiger partial charge in [-0.1, -0.05) is 91.0 Å². The highest BCUT2D eigenvalue weighted by molar-refractivity contribution is 5.94. The van der Waals surface area contributed by atoms with E-state index in [0.717, 1.165) is 16.7 Å². The van der Waals surface area contributed by atoms with Gasteiger partial charge in [-0.05, 0) is 16.7 Å². The number of carbonyl (C=O) groups is 1. The maximum absolute atomic E-state index is 15.4. The molecule has 3 heterocycles. The van der Waals surface area contributed by atoms with Crippen LogP contribution >= 0.6 is 0 Å². The van der Waals surface area contributed by atoms with E-state index < -0.39 is 35.6 Å². The van der Waals surface area contributed by atoms with E-state index in [1.807, 2.05) is 91.0 Å². The maximum Gasteiger partial charge on any atom is 0.415 e. The Morgan fingerprint density at radius 3 is 1.91 bits per heavy atom. The molecule has 9 heteroatoms. The number of fused-ring (bicyclic) bond motifs is 3. The Bertz CT molecular complexity index is 1530. The second-order valence-corrected chi connectivity index (χ2v) is 11.4. The molecule has 6 nitrogen and oxygen atoms in total. The molecule has 2 saturated heterocycles. The average Bonchev–Trinajstić information content (AvgIpc) is 3.38. The molecule has 0 spiro atoms. The minimum Gasteiger partial charge on any atom is -0.489 e. The number of benzene rings is 4. The highest BCUT2D eigenvalue weighted by Gasteiger charge is 2.49. The molecular formula is C35H31F3N2O4. The van der Waals surface area contributed by atoms with Gasteiger partial charge >= 0.3 is 6.09 Å². The van der Waals surface area contributed by atoms with E-state index in [1.54, 1.807) is 4.90 Å². The van der Waals surface area contributed by atoms with E-state index in [0.29, 0.717) is 5.75 Å². The number of hydrogen-bond acceptors (Lipinski definition) is 5. The van der Waals surface area contributed by atoms with Crippen LogP contribution in [0.3, 0.4) is 0 Å². The van der Waals surface area contributed by atoms with Gasteiger partial charge in [-0.15, -0.1) is 0 Å². The molecule has 0 unspecified atom stereocenters. The summed E-state index contributed by atoms with van der Waals surface area (Å²) in [6.45, 7) is 0.197. The van der Waals surface area contributed by atoms with E-state index in [1.165, 1.54) is 17.0 Å². The molecule has 44 heavy (non-hydrogen) atoms. The van der Waals surface area contributed by atoms with E-state index in [4.69, 9.17) is 14.2 Å². The fourth-order valence-electron chi connectivity index (χ4n) is 6.47. The molecular weight excluding hydrogens is 569 g/mol. The van der Waals surface area contributed by atoms with Gasteiger partial charge in [-0.3, -0.25) is 4.90 Å². The number of nitrogens with zero attached hydrogens (tertiary/aromatic N) is 2. The number of hydrogen-bond donors (Lipinski definition) is 0. The van der Waals surface area contributed by atoms with Gasteiger partial charge in [0.1, 0.15) is 29.8 Å². The Kier molecular flexibility index (Phi) is 7.20. The zero-order valence-corrected chi connectivity index (χ0v) is 23.9. The molecule has 2 atom stereocenters. The Hall–Kier alpha value is -4.50. The summed E-state index contributed by atoms with van der Waals surface area (Å²) in [6, 6.07) is 31.8. The number of carbonyl (C=O) groups excluding carboxylic acids is 1. The highest BCUT2D eigenvalue weighted by Crippen LogP contribution is 2.45. The molecule has 4 aromatic rings. The lowest BCUT2D eigenvalue weighted by Crippen LogP contribution is -2.47. The number of alkyl halides is 2. The van der Waals surface area contributed by atoms with Crippen LogP contribution in [0.1, 0.15) is 29.5 Å². The molecule has 0 saturated carbocycles. The van der Waals surface area contributed by atoms with Crippen LogP contribution in [0.5, 0.6) is 5.75 Å². The molecule has 7 rings (SSSR count). The lowest BCUT2D eigenvalue weighted by molar-refractivity contribution is -0.0389. The third-order valence-corrected chi connectivity index (χ3v) is 8.75. The van der Waals surface area contributed by atoms with Gasteiger partial charge in [0.2, 0.25) is 0 Å². The SMILES string of the molecule is O=C1O[C@@H](COC(c2ccccc2)(c2ccccc2)c2ccccc2)[C@@H]2COc3cc(N4CCC(F)(F)CC4)c(F)cc3N12. The first-order valence-corrected chi connectivity index (χ1v) is 14.8. The molecule has 3 aliphatic rings. The smallest absolute Gasteiger partial charge is 0.415 e. The minimum absolute atomic E-state index is 0.0303. The van der Waals surface area contributed by atoms with Crippen molar-refractivity contribution in [2.75, 3.05) is 36.1 Å². The Morgan fingerprint density at radius 1 is 0.818 bits per heavy atom. The van der Waals surface area contributed by atoms with Crippen molar-refractivity contribution in [2.24, 2.45) is 0 Å². The van der Waals surface area contributed by atoms with Crippen LogP contribution in [0.2, 0.25) is 0 Å². The third-order valence-electron chi connectivity index (χ3n) is 8.75. The van der Waals surface area contributed by atoms with Crippen LogP contribution in [0.15, 0.2) is 103 Å². The van der Waals surface area contributed by atoms with Crippen molar-refractivity contribution in [3.05, 3.63) is 126 Å². The lowest BCUT2D eigenvalue weighted by atomic mass is 9.80. The predicted molar refractivity (Wildman–Crippen MR) is 160 cm³/mol. The standard InChI is InChI=1S/C35H31F3N2O4/c36-27-20-29-31(21-28(27)39-18-16-34(37,38)17-19-39)42-22-30-32(44-33(41)40(29)30)23-43-35(24-10-4-1-5-11-24,25-12-6-2-7-13-25)26-14-8-3-9-15-26/h1-15,20-21,30,32H,16-19,22-23H2/t30-,32-/m0/s1. The largest absolute Gasteiger partial charge is 0.489 e. The minimum atomic E-state index is -2.75. The van der Waals surface area contributed by atoms with Crippen LogP contribution in [0.4, 0.5) is 29.3 Å². The van der Waals surface area contributed by atoms with Gasteiger partial charge in [0.05, 0.1) is 18.0 Å². The van der Waals surface area contributed by atoms with Crippen molar-refractivity contribution < 1.29 is 32.2 Å². The van der Waals surface area contributed by atoms with Crippen molar-refractivity contribution in [1.82, 2.24) is 0 Å². The zero-order chi connectivity index (χ0) is 30.3. The Morgan fingerprint density at radius 2 is 1.36 bits per heavy atom. The van der Waals surface area contributed by atoms with E-state index >= 15 is 4.39 Å². The van der Waals surface area contributed by atoms with E-state index in [2.05, 4.69) is 0 Å². The number of cyclic esters (lactones) is 1. The summed E-state index contributed by atoms with van der Waals surface area (Å²) in [5.74, 6) is -3.05. The van der Waals surface area contributed by atoms with Crippen LogP contribution in [-0.4, -0.2) is 50.5 Å². The number of ether oxygens (including phenoxy) is 3. The second kappa shape index (κ2) is 11.2. The molecule has 0 aromatic heterocycles. The van der Waals surface area contributed by atoms with Gasteiger partial charge < -0.3 is 19.1 Å². The van der Waals surface area contributed by atoms with Crippen molar-refractivity contribution >= 4 is 17.5 Å². The number of rotatable bonds is 7. The molecule has 226 valence electrons. The Balaban J connectivity index is 1.19. The van der Waals surface area contributed by atoms with Gasteiger partial charge in [-0.25, -0.2) is 18.0 Å². The summed E-state index contributed by atoms with van der Waals surface area (Å²) < 4.78 is 61.6. The molecule has 2 fully saturated rings. The summed E-state index contributed by atoms with van der Waals surface area (Å²) >= 11 is 0. The zero-order valence-electron chi connectivity index (χ0n) is 23.9. The molecule has 3 aliphatic heterocycles. The highest BCUT2D eigenvalue weighted by atomic mass is 19.3. The maximum atomic E-state index is 15.4. The molecule has 1 amide bonds. The van der Waals surface area contributed by atoms with Crippen molar-refractivity contribution in [1.29, 1.82) is 0 Å². The van der Waals surface area contributed by atoms with Crippen LogP contribution in [-0.2, 0) is 15.1 Å². The fourth-order valence-corrected chi connectivity index (χ4v) is 6.47. The number of amides is 1. The van der Waals surface area contributed by atoms with Gasteiger partial charge in [0, 0.05) is 38.1 Å². The molecule has 0 radical (unpaired) electrons. The normalized spacial score (nSPS) is 20.8. The van der Waals surface area contributed by atoms with Gasteiger partial charge in [0.25, 0.3) is 5.92 Å². The molecule has 0 bridgehead atoms. The molecule has 0 aliphatic carbocycles. The van der Waals surface area contributed by atoms with Gasteiger partial charge in [-0.2, -0.15) is 0 Å². The topological polar surface area (TPSA) is 51.2 Å². The fraction of sp³-hybridized carbons (Fsp3) is 0.286. The van der Waals surface area contributed by atoms with Crippen LogP contribution in [0.25, 0.3) is 0 Å². The van der Waals surface area contributed by atoms with Crippen molar-refractivity contribution in [3.8, 4) is 5.75 Å². The van der Waals surface area contributed by atoms with Gasteiger partial charge in [0.15, 0.2) is 6.10 Å². The van der Waals surface area contributed by atoms with Crippen molar-refractivity contribution in [3.63, 3.8) is 0 Å². The molecule has 4 aromatic carbocycles. The van der Waals surface area contributed by atoms with Crippen LogP contribution < -0.4 is 14.5 Å². The first-order valence-electron chi connectivity index (χ1n) is 14.8. The first-order chi connectivity index (χ1) is 21.4. The molecule has 0 N–H and O–H groups in total. The number of piperidine rings is 1. The summed E-state index contributed by atoms with van der Waals surface area (Å²) in [5.41, 5.74) is 2.15. The number of halogens is 3. The summed E-state index contributed by atoms with van der Waals surface area (Å²) in [4.78, 5) is 16.3. The third kappa shape index (κ3) is 4.95. The quantitative estimate of drug-likeness (QED) is 0.211. The summed E-state index contributed by atoms with van der Waals surface area (Å²) in [7, 11) is 0. The van der Waals surface area contributed by atoms with Crippen molar-refractivity contribution in [2.45, 2.75) is 36.5 Å². The summed E-state index contributed by atoms with van der Waals surface area (Å²) in [5, 5.41) is 0. The van der Waals surface area contributed by atoms with Crippen LogP contribution in [0, 0.1) is 5.82 Å². The monoisotopic (exact) mass is 600 g/mol. The lowest BCUT2D eigenvalue weighted by Gasteiger charge is -2.38.